The van der Waals surface area contributed by atoms with Crippen molar-refractivity contribution in [2.45, 2.75) is 6.92 Å². The molecule has 0 atom stereocenters. The monoisotopic (exact) mass is 213 g/mol. The average molecular weight is 213 g/mol. The van der Waals surface area contributed by atoms with E-state index in [1.54, 1.807) is 19.1 Å². The van der Waals surface area contributed by atoms with Gasteiger partial charge in [0.05, 0.1) is 10.3 Å². The van der Waals surface area contributed by atoms with Gasteiger partial charge in [0.25, 0.3) is 5.69 Å². The predicted molar refractivity (Wildman–Crippen MR) is 57.8 cm³/mol. The Labute approximate surface area is 91.1 Å². The zero-order valence-electron chi connectivity index (χ0n) is 8.47. The molecular weight excluding hydrogens is 206 g/mol. The molecule has 0 unspecified atom stereocenters. The molecule has 0 aliphatic rings. The number of aryl methyl sites for hydroxylation is 1. The van der Waals surface area contributed by atoms with Crippen LogP contribution in [0, 0.1) is 28.4 Å². The zero-order chi connectivity index (χ0) is 11.7. The van der Waals surface area contributed by atoms with Crippen molar-refractivity contribution in [3.8, 4) is 6.07 Å². The van der Waals surface area contributed by atoms with Gasteiger partial charge in [0.1, 0.15) is 11.8 Å². The van der Waals surface area contributed by atoms with Crippen LogP contribution in [0.25, 0.3) is 10.8 Å². The van der Waals surface area contributed by atoms with Gasteiger partial charge in [-0.3, -0.25) is 10.1 Å². The number of nitro benzene ring substituents is 1. The Kier molecular flexibility index (Phi) is 2.25. The molecule has 5 heteroatoms. The van der Waals surface area contributed by atoms with Gasteiger partial charge in [-0.25, -0.2) is 4.98 Å². The molecule has 0 aliphatic heterocycles. The summed E-state index contributed by atoms with van der Waals surface area (Å²) in [7, 11) is 0. The minimum absolute atomic E-state index is 0.00824. The highest BCUT2D eigenvalue weighted by molar-refractivity contribution is 5.95. The molecule has 0 N–H and O–H groups in total. The Morgan fingerprint density at radius 3 is 2.88 bits per heavy atom. The molecule has 0 aliphatic carbocycles. The zero-order valence-corrected chi connectivity index (χ0v) is 8.47. The smallest absolute Gasteiger partial charge is 0.258 e. The largest absolute Gasteiger partial charge is 0.277 e. The lowest BCUT2D eigenvalue weighted by Crippen LogP contribution is -1.94. The van der Waals surface area contributed by atoms with Crippen molar-refractivity contribution < 1.29 is 4.92 Å². The molecule has 5 nitrogen and oxygen atoms in total. The molecular formula is C11H7N3O2. The van der Waals surface area contributed by atoms with Gasteiger partial charge >= 0.3 is 0 Å². The Hall–Kier alpha value is -2.48. The Morgan fingerprint density at radius 1 is 1.50 bits per heavy atom. The van der Waals surface area contributed by atoms with Crippen LogP contribution in [0.1, 0.15) is 11.3 Å². The number of rotatable bonds is 1. The molecule has 16 heavy (non-hydrogen) atoms. The molecule has 1 heterocycles. The topological polar surface area (TPSA) is 79.8 Å². The van der Waals surface area contributed by atoms with Crippen LogP contribution in [0.5, 0.6) is 0 Å². The van der Waals surface area contributed by atoms with Gasteiger partial charge in [0.2, 0.25) is 0 Å². The summed E-state index contributed by atoms with van der Waals surface area (Å²) in [5, 5.41) is 20.8. The number of hydrogen-bond donors (Lipinski definition) is 0. The molecule has 0 fully saturated rings. The van der Waals surface area contributed by atoms with Crippen LogP contribution in [0.3, 0.4) is 0 Å². The first kappa shape index (κ1) is 10.1. The van der Waals surface area contributed by atoms with E-state index in [1.807, 2.05) is 6.07 Å². The lowest BCUT2D eigenvalue weighted by atomic mass is 10.0. The number of aromatic nitrogens is 1. The highest BCUT2D eigenvalue weighted by Crippen LogP contribution is 2.29. The lowest BCUT2D eigenvalue weighted by molar-refractivity contribution is -0.383. The molecule has 78 valence electrons. The Balaban J connectivity index is 2.98. The summed E-state index contributed by atoms with van der Waals surface area (Å²) >= 11 is 0. The van der Waals surface area contributed by atoms with E-state index in [0.29, 0.717) is 16.3 Å². The third kappa shape index (κ3) is 1.37. The molecule has 0 saturated carbocycles. The van der Waals surface area contributed by atoms with E-state index >= 15 is 0 Å². The first-order valence-electron chi connectivity index (χ1n) is 4.58. The number of benzene rings is 1. The Bertz CT molecular complexity index is 629. The standard InChI is InChI=1S/C11H7N3O2/c1-7-6-13-9(5-12)8-3-2-4-10(11(7)8)14(15)16/h2-4,6H,1H3. The van der Waals surface area contributed by atoms with Crippen LogP contribution in [-0.2, 0) is 0 Å². The fourth-order valence-corrected chi connectivity index (χ4v) is 1.69. The third-order valence-corrected chi connectivity index (χ3v) is 2.38. The first-order chi connectivity index (χ1) is 7.65. The quantitative estimate of drug-likeness (QED) is 0.537. The minimum atomic E-state index is -0.448. The second kappa shape index (κ2) is 3.59. The van der Waals surface area contributed by atoms with Crippen LogP contribution in [0.2, 0.25) is 0 Å². The van der Waals surface area contributed by atoms with Crippen LogP contribution in [-0.4, -0.2) is 9.91 Å². The van der Waals surface area contributed by atoms with Gasteiger partial charge in [-0.05, 0) is 12.5 Å². The molecule has 0 spiro atoms. The minimum Gasteiger partial charge on any atom is -0.258 e. The van der Waals surface area contributed by atoms with Gasteiger partial charge in [0, 0.05) is 17.6 Å². The number of nitrogens with zero attached hydrogens (tertiary/aromatic N) is 3. The van der Waals surface area contributed by atoms with Gasteiger partial charge < -0.3 is 0 Å². The summed E-state index contributed by atoms with van der Waals surface area (Å²) in [6.45, 7) is 1.74. The fourth-order valence-electron chi connectivity index (χ4n) is 1.69. The summed E-state index contributed by atoms with van der Waals surface area (Å²) < 4.78 is 0. The van der Waals surface area contributed by atoms with Crippen molar-refractivity contribution >= 4 is 16.5 Å². The second-order valence-corrected chi connectivity index (χ2v) is 3.36. The maximum Gasteiger partial charge on any atom is 0.277 e. The number of nitro groups is 1. The van der Waals surface area contributed by atoms with Crippen molar-refractivity contribution in [3.05, 3.63) is 45.8 Å². The summed E-state index contributed by atoms with van der Waals surface area (Å²) in [4.78, 5) is 14.4. The summed E-state index contributed by atoms with van der Waals surface area (Å²) in [5.74, 6) is 0. The average Bonchev–Trinajstić information content (AvgIpc) is 2.29. The van der Waals surface area contributed by atoms with E-state index in [0.717, 1.165) is 0 Å². The third-order valence-electron chi connectivity index (χ3n) is 2.38. The number of nitriles is 1. The maximum absolute atomic E-state index is 10.9. The summed E-state index contributed by atoms with van der Waals surface area (Å²) in [5.41, 5.74) is 0.916. The van der Waals surface area contributed by atoms with E-state index in [4.69, 9.17) is 5.26 Å². The van der Waals surface area contributed by atoms with Crippen LogP contribution >= 0.6 is 0 Å². The van der Waals surface area contributed by atoms with Gasteiger partial charge in [-0.15, -0.1) is 0 Å². The highest BCUT2D eigenvalue weighted by Gasteiger charge is 2.15. The van der Waals surface area contributed by atoms with Crippen molar-refractivity contribution in [2.24, 2.45) is 0 Å². The fraction of sp³-hybridized carbons (Fsp3) is 0.0909. The molecule has 2 rings (SSSR count). The van der Waals surface area contributed by atoms with Gasteiger partial charge in [-0.1, -0.05) is 12.1 Å². The molecule has 2 aromatic rings. The number of hydrogen-bond acceptors (Lipinski definition) is 4. The van der Waals surface area contributed by atoms with E-state index in [2.05, 4.69) is 4.98 Å². The van der Waals surface area contributed by atoms with E-state index < -0.39 is 4.92 Å². The summed E-state index contributed by atoms with van der Waals surface area (Å²) in [6, 6.07) is 6.58. The number of pyridine rings is 1. The second-order valence-electron chi connectivity index (χ2n) is 3.36. The normalized spacial score (nSPS) is 10.0. The first-order valence-corrected chi connectivity index (χ1v) is 4.58. The van der Waals surface area contributed by atoms with E-state index in [9.17, 15) is 10.1 Å². The van der Waals surface area contributed by atoms with Gasteiger partial charge in [0.15, 0.2) is 0 Å². The van der Waals surface area contributed by atoms with Crippen molar-refractivity contribution in [2.75, 3.05) is 0 Å². The van der Waals surface area contributed by atoms with Gasteiger partial charge in [-0.2, -0.15) is 5.26 Å². The highest BCUT2D eigenvalue weighted by atomic mass is 16.6. The molecule has 1 aromatic heterocycles. The predicted octanol–water partition coefficient (Wildman–Crippen LogP) is 2.32. The van der Waals surface area contributed by atoms with E-state index in [-0.39, 0.29) is 11.4 Å². The van der Waals surface area contributed by atoms with Crippen molar-refractivity contribution in [3.63, 3.8) is 0 Å². The molecule has 1 aromatic carbocycles. The van der Waals surface area contributed by atoms with Crippen molar-refractivity contribution in [1.29, 1.82) is 5.26 Å². The van der Waals surface area contributed by atoms with Crippen molar-refractivity contribution in [1.82, 2.24) is 4.98 Å². The van der Waals surface area contributed by atoms with Crippen LogP contribution in [0.4, 0.5) is 5.69 Å². The molecule has 0 saturated heterocycles. The SMILES string of the molecule is Cc1cnc(C#N)c2cccc([N+](=O)[O-])c12. The lowest BCUT2D eigenvalue weighted by Gasteiger charge is -2.03. The van der Waals surface area contributed by atoms with Crippen LogP contribution in [0.15, 0.2) is 24.4 Å². The molecule has 0 radical (unpaired) electrons. The summed E-state index contributed by atoms with van der Waals surface area (Å²) in [6.07, 6.45) is 1.48. The molecule has 0 amide bonds. The van der Waals surface area contributed by atoms with Crippen LogP contribution < -0.4 is 0 Å². The number of non-ortho nitro benzene ring substituents is 1. The number of fused-ring (bicyclic) bond motifs is 1. The maximum atomic E-state index is 10.9. The Morgan fingerprint density at radius 2 is 2.25 bits per heavy atom. The van der Waals surface area contributed by atoms with E-state index in [1.165, 1.54) is 12.3 Å². The molecule has 0 bridgehead atoms.